The van der Waals surface area contributed by atoms with Gasteiger partial charge in [-0.1, -0.05) is 6.92 Å². The highest BCUT2D eigenvalue weighted by atomic mass is 15.3. The van der Waals surface area contributed by atoms with Crippen LogP contribution in [-0.2, 0) is 0 Å². The standard InChI is InChI=1S/C13H18N4/c1-3-13(5-6-13)9-14-12-15-11-8-10(2)4-7-17(11)16-12/h4,7-8H,3,5-6,9H2,1-2H3,(H,14,16). The summed E-state index contributed by atoms with van der Waals surface area (Å²) in [6, 6.07) is 4.09. The molecule has 1 fully saturated rings. The quantitative estimate of drug-likeness (QED) is 0.878. The van der Waals surface area contributed by atoms with Crippen molar-refractivity contribution in [2.75, 3.05) is 11.9 Å². The van der Waals surface area contributed by atoms with E-state index >= 15 is 0 Å². The Hall–Kier alpha value is -1.58. The van der Waals surface area contributed by atoms with E-state index in [-0.39, 0.29) is 0 Å². The van der Waals surface area contributed by atoms with Crippen LogP contribution in [0.3, 0.4) is 0 Å². The molecule has 1 saturated carbocycles. The fraction of sp³-hybridized carbons (Fsp3) is 0.538. The van der Waals surface area contributed by atoms with Crippen LogP contribution in [0.5, 0.6) is 0 Å². The number of aryl methyl sites for hydroxylation is 1. The molecule has 0 bridgehead atoms. The van der Waals surface area contributed by atoms with Crippen molar-refractivity contribution in [1.82, 2.24) is 14.6 Å². The summed E-state index contributed by atoms with van der Waals surface area (Å²) in [5.41, 5.74) is 2.64. The highest BCUT2D eigenvalue weighted by Gasteiger charge is 2.40. The Bertz CT molecular complexity index is 539. The average Bonchev–Trinajstić information content (AvgIpc) is 3.00. The lowest BCUT2D eigenvalue weighted by molar-refractivity contribution is 0.520. The number of aromatic nitrogens is 3. The number of hydrogen-bond acceptors (Lipinski definition) is 3. The normalized spacial score (nSPS) is 17.3. The molecule has 17 heavy (non-hydrogen) atoms. The Morgan fingerprint density at radius 1 is 1.47 bits per heavy atom. The molecule has 2 heterocycles. The van der Waals surface area contributed by atoms with Gasteiger partial charge in [0.1, 0.15) is 0 Å². The van der Waals surface area contributed by atoms with E-state index < -0.39 is 0 Å². The summed E-state index contributed by atoms with van der Waals surface area (Å²) < 4.78 is 1.82. The van der Waals surface area contributed by atoms with Gasteiger partial charge in [-0.05, 0) is 49.3 Å². The predicted octanol–water partition coefficient (Wildman–Crippen LogP) is 2.64. The van der Waals surface area contributed by atoms with E-state index in [1.54, 1.807) is 0 Å². The molecule has 0 aromatic carbocycles. The molecular formula is C13H18N4. The van der Waals surface area contributed by atoms with Crippen molar-refractivity contribution in [2.45, 2.75) is 33.1 Å². The lowest BCUT2D eigenvalue weighted by Crippen LogP contribution is -2.15. The van der Waals surface area contributed by atoms with Crippen LogP contribution in [0, 0.1) is 12.3 Å². The van der Waals surface area contributed by atoms with Crippen molar-refractivity contribution >= 4 is 11.6 Å². The van der Waals surface area contributed by atoms with Gasteiger partial charge in [-0.2, -0.15) is 4.98 Å². The number of pyridine rings is 1. The van der Waals surface area contributed by atoms with Gasteiger partial charge in [0.15, 0.2) is 5.65 Å². The van der Waals surface area contributed by atoms with E-state index in [0.717, 1.165) is 18.1 Å². The first-order valence-corrected chi connectivity index (χ1v) is 6.28. The summed E-state index contributed by atoms with van der Waals surface area (Å²) in [6.07, 6.45) is 5.87. The van der Waals surface area contributed by atoms with E-state index in [1.165, 1.54) is 24.8 Å². The van der Waals surface area contributed by atoms with Crippen LogP contribution in [0.2, 0.25) is 0 Å². The van der Waals surface area contributed by atoms with Crippen LogP contribution in [0.15, 0.2) is 18.3 Å². The first kappa shape index (κ1) is 10.6. The maximum Gasteiger partial charge on any atom is 0.243 e. The Balaban J connectivity index is 1.77. The van der Waals surface area contributed by atoms with Gasteiger partial charge in [0, 0.05) is 12.7 Å². The van der Waals surface area contributed by atoms with Crippen LogP contribution in [-0.4, -0.2) is 21.1 Å². The van der Waals surface area contributed by atoms with Crippen molar-refractivity contribution in [3.8, 4) is 0 Å². The van der Waals surface area contributed by atoms with E-state index in [4.69, 9.17) is 0 Å². The van der Waals surface area contributed by atoms with Gasteiger partial charge in [-0.15, -0.1) is 5.10 Å². The molecular weight excluding hydrogens is 212 g/mol. The molecule has 0 amide bonds. The molecule has 1 aliphatic rings. The predicted molar refractivity (Wildman–Crippen MR) is 68.2 cm³/mol. The summed E-state index contributed by atoms with van der Waals surface area (Å²) in [7, 11) is 0. The highest BCUT2D eigenvalue weighted by Crippen LogP contribution is 2.48. The molecule has 0 spiro atoms. The SMILES string of the molecule is CCC1(CNc2nc3cc(C)ccn3n2)CC1. The number of anilines is 1. The monoisotopic (exact) mass is 230 g/mol. The number of nitrogens with one attached hydrogen (secondary N) is 1. The first-order valence-electron chi connectivity index (χ1n) is 6.28. The molecule has 4 nitrogen and oxygen atoms in total. The molecule has 3 rings (SSSR count). The third-order valence-electron chi connectivity index (χ3n) is 3.82. The second kappa shape index (κ2) is 3.72. The molecule has 0 radical (unpaired) electrons. The van der Waals surface area contributed by atoms with Crippen LogP contribution in [0.4, 0.5) is 5.95 Å². The van der Waals surface area contributed by atoms with Crippen LogP contribution in [0.1, 0.15) is 31.7 Å². The molecule has 0 atom stereocenters. The molecule has 2 aromatic rings. The Morgan fingerprint density at radius 3 is 3.00 bits per heavy atom. The zero-order valence-electron chi connectivity index (χ0n) is 10.4. The topological polar surface area (TPSA) is 42.2 Å². The molecule has 2 aromatic heterocycles. The zero-order valence-corrected chi connectivity index (χ0v) is 10.4. The molecule has 0 unspecified atom stereocenters. The maximum atomic E-state index is 4.48. The molecule has 90 valence electrons. The third-order valence-corrected chi connectivity index (χ3v) is 3.82. The molecule has 1 N–H and O–H groups in total. The van der Waals surface area contributed by atoms with Crippen LogP contribution < -0.4 is 5.32 Å². The Labute approximate surface area is 101 Å². The number of nitrogens with zero attached hydrogens (tertiary/aromatic N) is 3. The van der Waals surface area contributed by atoms with Gasteiger partial charge in [0.25, 0.3) is 0 Å². The maximum absolute atomic E-state index is 4.48. The van der Waals surface area contributed by atoms with Gasteiger partial charge >= 0.3 is 0 Å². The molecule has 0 saturated heterocycles. The molecule has 1 aliphatic carbocycles. The lowest BCUT2D eigenvalue weighted by Gasteiger charge is -2.11. The second-order valence-corrected chi connectivity index (χ2v) is 5.15. The van der Waals surface area contributed by atoms with Crippen molar-refractivity contribution in [2.24, 2.45) is 5.41 Å². The van der Waals surface area contributed by atoms with Gasteiger partial charge in [0.05, 0.1) is 0 Å². The largest absolute Gasteiger partial charge is 0.352 e. The zero-order chi connectivity index (χ0) is 11.9. The molecule has 4 heteroatoms. The summed E-state index contributed by atoms with van der Waals surface area (Å²) in [5, 5.41) is 7.78. The minimum atomic E-state index is 0.521. The summed E-state index contributed by atoms with van der Waals surface area (Å²) >= 11 is 0. The van der Waals surface area contributed by atoms with Gasteiger partial charge in [-0.25, -0.2) is 4.52 Å². The summed E-state index contributed by atoms with van der Waals surface area (Å²) in [5.74, 6) is 0.746. The van der Waals surface area contributed by atoms with Gasteiger partial charge in [-0.3, -0.25) is 0 Å². The van der Waals surface area contributed by atoms with E-state index in [1.807, 2.05) is 22.8 Å². The summed E-state index contributed by atoms with van der Waals surface area (Å²) in [6.45, 7) is 5.33. The second-order valence-electron chi connectivity index (χ2n) is 5.15. The number of fused-ring (bicyclic) bond motifs is 1. The Kier molecular flexibility index (Phi) is 2.31. The lowest BCUT2D eigenvalue weighted by atomic mass is 10.0. The van der Waals surface area contributed by atoms with Gasteiger partial charge in [0.2, 0.25) is 5.95 Å². The smallest absolute Gasteiger partial charge is 0.243 e. The van der Waals surface area contributed by atoms with Gasteiger partial charge < -0.3 is 5.32 Å². The van der Waals surface area contributed by atoms with Crippen molar-refractivity contribution in [3.63, 3.8) is 0 Å². The van der Waals surface area contributed by atoms with E-state index in [9.17, 15) is 0 Å². The number of hydrogen-bond donors (Lipinski definition) is 1. The highest BCUT2D eigenvalue weighted by molar-refractivity contribution is 5.45. The van der Waals surface area contributed by atoms with Crippen molar-refractivity contribution in [1.29, 1.82) is 0 Å². The minimum absolute atomic E-state index is 0.521. The average molecular weight is 230 g/mol. The fourth-order valence-electron chi connectivity index (χ4n) is 2.16. The summed E-state index contributed by atoms with van der Waals surface area (Å²) in [4.78, 5) is 4.48. The number of rotatable bonds is 4. The van der Waals surface area contributed by atoms with E-state index in [2.05, 4.69) is 29.2 Å². The third kappa shape index (κ3) is 1.99. The van der Waals surface area contributed by atoms with Crippen molar-refractivity contribution in [3.05, 3.63) is 23.9 Å². The molecule has 0 aliphatic heterocycles. The van der Waals surface area contributed by atoms with Crippen LogP contribution in [0.25, 0.3) is 5.65 Å². The van der Waals surface area contributed by atoms with E-state index in [0.29, 0.717) is 5.41 Å². The first-order chi connectivity index (χ1) is 8.21. The van der Waals surface area contributed by atoms with Crippen molar-refractivity contribution < 1.29 is 0 Å². The Morgan fingerprint density at radius 2 is 2.29 bits per heavy atom. The van der Waals surface area contributed by atoms with Crippen LogP contribution >= 0.6 is 0 Å². The fourth-order valence-corrected chi connectivity index (χ4v) is 2.16. The minimum Gasteiger partial charge on any atom is -0.352 e.